The van der Waals surface area contributed by atoms with Crippen LogP contribution in [0.2, 0.25) is 0 Å². The van der Waals surface area contributed by atoms with E-state index in [1.54, 1.807) is 7.05 Å². The van der Waals surface area contributed by atoms with Gasteiger partial charge in [-0.2, -0.15) is 0 Å². The molecule has 108 valence electrons. The van der Waals surface area contributed by atoms with Crippen molar-refractivity contribution in [2.75, 3.05) is 13.6 Å². The number of carbonyl (C=O) groups is 2. The Balaban J connectivity index is 1.82. The number of carbonyl (C=O) groups excluding carboxylic acids is 2. The van der Waals surface area contributed by atoms with Crippen molar-refractivity contribution in [2.24, 2.45) is 5.73 Å². The van der Waals surface area contributed by atoms with E-state index in [1.165, 1.54) is 4.90 Å². The maximum Gasteiger partial charge on any atom is 0.410 e. The minimum absolute atomic E-state index is 0.0734. The van der Waals surface area contributed by atoms with Crippen LogP contribution >= 0.6 is 0 Å². The van der Waals surface area contributed by atoms with Gasteiger partial charge in [0.25, 0.3) is 0 Å². The first-order valence-electron chi connectivity index (χ1n) is 6.54. The van der Waals surface area contributed by atoms with Crippen LogP contribution in [-0.4, -0.2) is 42.6 Å². The smallest absolute Gasteiger partial charge is 0.410 e. The minimum atomic E-state index is -0.397. The zero-order valence-corrected chi connectivity index (χ0v) is 11.4. The van der Waals surface area contributed by atoms with Crippen LogP contribution in [0, 0.1) is 0 Å². The Morgan fingerprint density at radius 2 is 2.10 bits per heavy atom. The van der Waals surface area contributed by atoms with Crippen LogP contribution in [0.15, 0.2) is 30.3 Å². The monoisotopic (exact) mass is 277 g/mol. The van der Waals surface area contributed by atoms with E-state index in [0.717, 1.165) is 5.56 Å². The lowest BCUT2D eigenvalue weighted by Crippen LogP contribution is -2.38. The highest BCUT2D eigenvalue weighted by molar-refractivity contribution is 5.80. The van der Waals surface area contributed by atoms with Gasteiger partial charge in [0.2, 0.25) is 5.91 Å². The molecule has 1 aromatic rings. The maximum atomic E-state index is 11.9. The lowest BCUT2D eigenvalue weighted by Gasteiger charge is -2.23. The lowest BCUT2D eigenvalue weighted by molar-refractivity contribution is -0.119. The highest BCUT2D eigenvalue weighted by atomic mass is 16.6. The molecule has 1 aliphatic heterocycles. The van der Waals surface area contributed by atoms with Gasteiger partial charge < -0.3 is 20.7 Å². The summed E-state index contributed by atoms with van der Waals surface area (Å²) in [5.74, 6) is -0.390. The average Bonchev–Trinajstić information content (AvgIpc) is 2.95. The normalized spacial score (nSPS) is 21.4. The number of likely N-dealkylation sites (N-methyl/N-ethyl adjacent to an activating group) is 1. The topological polar surface area (TPSA) is 84.7 Å². The van der Waals surface area contributed by atoms with Gasteiger partial charge in [0.15, 0.2) is 0 Å². The van der Waals surface area contributed by atoms with Gasteiger partial charge in [-0.25, -0.2) is 4.79 Å². The number of rotatable bonds is 4. The molecule has 6 heteroatoms. The van der Waals surface area contributed by atoms with Gasteiger partial charge in [0.1, 0.15) is 6.61 Å². The molecule has 1 aliphatic rings. The van der Waals surface area contributed by atoms with E-state index in [1.807, 2.05) is 30.3 Å². The fourth-order valence-electron chi connectivity index (χ4n) is 2.20. The SMILES string of the molecule is CN(C(=O)OCc1ccccc1)C1CNC(C(N)=O)C1. The molecule has 6 nitrogen and oxygen atoms in total. The van der Waals surface area contributed by atoms with Crippen LogP contribution in [0.25, 0.3) is 0 Å². The molecule has 3 N–H and O–H groups in total. The van der Waals surface area contributed by atoms with Crippen molar-refractivity contribution in [1.29, 1.82) is 0 Å². The molecule has 2 amide bonds. The third kappa shape index (κ3) is 3.48. The number of benzene rings is 1. The summed E-state index contributed by atoms with van der Waals surface area (Å²) in [6.45, 7) is 0.786. The second-order valence-electron chi connectivity index (χ2n) is 4.90. The molecule has 2 unspecified atom stereocenters. The second-order valence-corrected chi connectivity index (χ2v) is 4.90. The summed E-state index contributed by atoms with van der Waals surface area (Å²) in [4.78, 5) is 24.5. The van der Waals surface area contributed by atoms with Crippen molar-refractivity contribution in [3.8, 4) is 0 Å². The van der Waals surface area contributed by atoms with Crippen molar-refractivity contribution in [3.63, 3.8) is 0 Å². The summed E-state index contributed by atoms with van der Waals surface area (Å²) < 4.78 is 5.24. The number of nitrogens with zero attached hydrogens (tertiary/aromatic N) is 1. The Morgan fingerprint density at radius 3 is 2.70 bits per heavy atom. The predicted molar refractivity (Wildman–Crippen MR) is 73.8 cm³/mol. The minimum Gasteiger partial charge on any atom is -0.445 e. The van der Waals surface area contributed by atoms with Gasteiger partial charge in [0, 0.05) is 19.6 Å². The van der Waals surface area contributed by atoms with Crippen LogP contribution in [0.1, 0.15) is 12.0 Å². The third-order valence-electron chi connectivity index (χ3n) is 3.49. The Labute approximate surface area is 117 Å². The van der Waals surface area contributed by atoms with Crippen LogP contribution < -0.4 is 11.1 Å². The first-order valence-corrected chi connectivity index (χ1v) is 6.54. The molecule has 2 rings (SSSR count). The first-order chi connectivity index (χ1) is 9.58. The molecule has 1 heterocycles. The largest absolute Gasteiger partial charge is 0.445 e. The molecule has 20 heavy (non-hydrogen) atoms. The number of amides is 2. The van der Waals surface area contributed by atoms with Gasteiger partial charge in [0.05, 0.1) is 6.04 Å². The molecular weight excluding hydrogens is 258 g/mol. The molecule has 0 spiro atoms. The quantitative estimate of drug-likeness (QED) is 0.838. The number of nitrogens with one attached hydrogen (secondary N) is 1. The van der Waals surface area contributed by atoms with E-state index < -0.39 is 12.0 Å². The van der Waals surface area contributed by atoms with Crippen molar-refractivity contribution in [1.82, 2.24) is 10.2 Å². The Morgan fingerprint density at radius 1 is 1.40 bits per heavy atom. The number of nitrogens with two attached hydrogens (primary N) is 1. The van der Waals surface area contributed by atoms with E-state index in [9.17, 15) is 9.59 Å². The molecule has 0 saturated carbocycles. The predicted octanol–water partition coefficient (Wildman–Crippen LogP) is 0.471. The van der Waals surface area contributed by atoms with Crippen molar-refractivity contribution >= 4 is 12.0 Å². The number of hydrogen-bond donors (Lipinski definition) is 2. The van der Waals surface area contributed by atoms with Crippen LogP contribution in [0.4, 0.5) is 4.79 Å². The van der Waals surface area contributed by atoms with Crippen LogP contribution in [0.5, 0.6) is 0 Å². The van der Waals surface area contributed by atoms with Gasteiger partial charge in [-0.15, -0.1) is 0 Å². The average molecular weight is 277 g/mol. The van der Waals surface area contributed by atoms with E-state index in [0.29, 0.717) is 13.0 Å². The highest BCUT2D eigenvalue weighted by Crippen LogP contribution is 2.13. The molecule has 1 aromatic carbocycles. The van der Waals surface area contributed by atoms with Gasteiger partial charge in [-0.3, -0.25) is 4.79 Å². The summed E-state index contributed by atoms with van der Waals surface area (Å²) in [7, 11) is 1.67. The van der Waals surface area contributed by atoms with E-state index in [2.05, 4.69) is 5.32 Å². The number of ether oxygens (including phenoxy) is 1. The van der Waals surface area contributed by atoms with E-state index >= 15 is 0 Å². The van der Waals surface area contributed by atoms with Gasteiger partial charge >= 0.3 is 6.09 Å². The first kappa shape index (κ1) is 14.3. The summed E-state index contributed by atoms with van der Waals surface area (Å²) in [5.41, 5.74) is 6.17. The Hall–Kier alpha value is -2.08. The van der Waals surface area contributed by atoms with E-state index in [-0.39, 0.29) is 18.7 Å². The molecule has 1 fully saturated rings. The second kappa shape index (κ2) is 6.38. The molecule has 1 saturated heterocycles. The zero-order chi connectivity index (χ0) is 14.5. The lowest BCUT2D eigenvalue weighted by atomic mass is 10.1. The summed E-state index contributed by atoms with van der Waals surface area (Å²) in [6, 6.07) is 9.04. The number of primary amides is 1. The zero-order valence-electron chi connectivity index (χ0n) is 11.4. The summed E-state index contributed by atoms with van der Waals surface area (Å²) in [5, 5.41) is 2.99. The summed E-state index contributed by atoms with van der Waals surface area (Å²) in [6.07, 6.45) is 0.123. The molecule has 0 aliphatic carbocycles. The molecule has 0 bridgehead atoms. The van der Waals surface area contributed by atoms with Gasteiger partial charge in [-0.1, -0.05) is 30.3 Å². The highest BCUT2D eigenvalue weighted by Gasteiger charge is 2.32. The fourth-order valence-corrected chi connectivity index (χ4v) is 2.20. The number of hydrogen-bond acceptors (Lipinski definition) is 4. The van der Waals surface area contributed by atoms with Crippen molar-refractivity contribution < 1.29 is 14.3 Å². The fraction of sp³-hybridized carbons (Fsp3) is 0.429. The van der Waals surface area contributed by atoms with E-state index in [4.69, 9.17) is 10.5 Å². The van der Waals surface area contributed by atoms with Crippen LogP contribution in [0.3, 0.4) is 0 Å². The molecule has 0 radical (unpaired) electrons. The third-order valence-corrected chi connectivity index (χ3v) is 3.49. The Bertz CT molecular complexity index is 478. The Kier molecular flexibility index (Phi) is 4.57. The van der Waals surface area contributed by atoms with Crippen molar-refractivity contribution in [3.05, 3.63) is 35.9 Å². The van der Waals surface area contributed by atoms with Gasteiger partial charge in [-0.05, 0) is 12.0 Å². The molecule has 2 atom stereocenters. The molecular formula is C14H19N3O3. The van der Waals surface area contributed by atoms with Crippen molar-refractivity contribution in [2.45, 2.75) is 25.1 Å². The maximum absolute atomic E-state index is 11.9. The molecule has 0 aromatic heterocycles. The summed E-state index contributed by atoms with van der Waals surface area (Å²) >= 11 is 0. The standard InChI is InChI=1S/C14H19N3O3/c1-17(11-7-12(13(15)18)16-8-11)14(19)20-9-10-5-3-2-4-6-10/h2-6,11-12,16H,7-9H2,1H3,(H2,15,18). The van der Waals surface area contributed by atoms with Crippen LogP contribution in [-0.2, 0) is 16.1 Å².